The number of halogens is 1. The summed E-state index contributed by atoms with van der Waals surface area (Å²) in [5.41, 5.74) is 2.65. The topological polar surface area (TPSA) is 60.2 Å². The van der Waals surface area contributed by atoms with E-state index in [4.69, 9.17) is 5.26 Å². The van der Waals surface area contributed by atoms with E-state index in [0.717, 1.165) is 17.7 Å². The Bertz CT molecular complexity index is 684. The van der Waals surface area contributed by atoms with E-state index in [2.05, 4.69) is 21.7 Å². The van der Waals surface area contributed by atoms with Gasteiger partial charge in [0, 0.05) is 13.1 Å². The Morgan fingerprint density at radius 1 is 1.04 bits per heavy atom. The summed E-state index contributed by atoms with van der Waals surface area (Å²) < 4.78 is 12.9. The van der Waals surface area contributed by atoms with Crippen LogP contribution in [-0.4, -0.2) is 12.5 Å². The molecule has 0 saturated heterocycles. The number of hydrogen-bond donors (Lipinski definition) is 2. The van der Waals surface area contributed by atoms with Crippen LogP contribution in [0.3, 0.4) is 0 Å². The molecule has 0 aliphatic heterocycles. The van der Waals surface area contributed by atoms with E-state index in [1.54, 1.807) is 24.3 Å². The van der Waals surface area contributed by atoms with Gasteiger partial charge < -0.3 is 10.6 Å². The minimum Gasteiger partial charge on any atom is -0.357 e. The van der Waals surface area contributed by atoms with E-state index in [1.807, 2.05) is 19.1 Å². The van der Waals surface area contributed by atoms with Crippen LogP contribution in [-0.2, 0) is 13.1 Å². The lowest BCUT2D eigenvalue weighted by atomic mass is 10.1. The van der Waals surface area contributed by atoms with Crippen molar-refractivity contribution in [1.82, 2.24) is 10.6 Å². The zero-order chi connectivity index (χ0) is 16.5. The van der Waals surface area contributed by atoms with Crippen molar-refractivity contribution in [3.8, 4) is 6.07 Å². The lowest BCUT2D eigenvalue weighted by Gasteiger charge is -2.11. The summed E-state index contributed by atoms with van der Waals surface area (Å²) in [6.45, 7) is 3.84. The minimum atomic E-state index is -0.241. The Morgan fingerprint density at radius 2 is 1.70 bits per heavy atom. The second-order valence-corrected chi connectivity index (χ2v) is 4.98. The van der Waals surface area contributed by atoms with Gasteiger partial charge in [0.2, 0.25) is 0 Å². The van der Waals surface area contributed by atoms with Crippen LogP contribution < -0.4 is 10.6 Å². The van der Waals surface area contributed by atoms with Gasteiger partial charge in [0.25, 0.3) is 0 Å². The maximum Gasteiger partial charge on any atom is 0.191 e. The normalized spacial score (nSPS) is 10.9. The van der Waals surface area contributed by atoms with E-state index in [-0.39, 0.29) is 5.82 Å². The van der Waals surface area contributed by atoms with E-state index >= 15 is 0 Å². The fourth-order valence-electron chi connectivity index (χ4n) is 1.98. The molecule has 0 spiro atoms. The molecule has 23 heavy (non-hydrogen) atoms. The summed E-state index contributed by atoms with van der Waals surface area (Å²) in [6, 6.07) is 15.8. The van der Waals surface area contributed by atoms with Gasteiger partial charge in [0.1, 0.15) is 5.82 Å². The first kappa shape index (κ1) is 16.5. The highest BCUT2D eigenvalue weighted by atomic mass is 19.1. The zero-order valence-electron chi connectivity index (χ0n) is 13.0. The van der Waals surface area contributed by atoms with Gasteiger partial charge in [-0.15, -0.1) is 0 Å². The highest BCUT2D eigenvalue weighted by Gasteiger charge is 1.99. The summed E-state index contributed by atoms with van der Waals surface area (Å²) in [6.07, 6.45) is 0. The van der Waals surface area contributed by atoms with Gasteiger partial charge in [0.05, 0.1) is 18.2 Å². The van der Waals surface area contributed by atoms with Gasteiger partial charge in [-0.05, 0) is 42.3 Å². The predicted molar refractivity (Wildman–Crippen MR) is 89.2 cm³/mol. The molecule has 0 amide bonds. The van der Waals surface area contributed by atoms with Crippen LogP contribution in [0.5, 0.6) is 0 Å². The van der Waals surface area contributed by atoms with Gasteiger partial charge >= 0.3 is 0 Å². The Morgan fingerprint density at radius 3 is 2.30 bits per heavy atom. The molecule has 2 N–H and O–H groups in total. The molecule has 2 aromatic rings. The lowest BCUT2D eigenvalue weighted by Crippen LogP contribution is -2.36. The van der Waals surface area contributed by atoms with E-state index in [0.29, 0.717) is 24.6 Å². The lowest BCUT2D eigenvalue weighted by molar-refractivity contribution is 0.626. The SMILES string of the molecule is CCNC(=NCc1ccc(C#N)cc1)NCc1ccc(F)cc1. The molecule has 0 aromatic heterocycles. The van der Waals surface area contributed by atoms with Crippen molar-refractivity contribution in [2.75, 3.05) is 6.54 Å². The largest absolute Gasteiger partial charge is 0.357 e. The third-order valence-corrected chi connectivity index (χ3v) is 3.22. The maximum atomic E-state index is 12.9. The van der Waals surface area contributed by atoms with E-state index < -0.39 is 0 Å². The summed E-state index contributed by atoms with van der Waals surface area (Å²) in [4.78, 5) is 4.51. The molecule has 0 aliphatic carbocycles. The molecule has 5 heteroatoms. The third kappa shape index (κ3) is 5.44. The molecule has 2 aromatic carbocycles. The van der Waals surface area contributed by atoms with Crippen molar-refractivity contribution in [2.24, 2.45) is 4.99 Å². The smallest absolute Gasteiger partial charge is 0.191 e. The molecule has 0 fully saturated rings. The second-order valence-electron chi connectivity index (χ2n) is 4.98. The quantitative estimate of drug-likeness (QED) is 0.659. The monoisotopic (exact) mass is 310 g/mol. The second kappa shape index (κ2) is 8.54. The predicted octanol–water partition coefficient (Wildman–Crippen LogP) is 2.95. The molecule has 0 unspecified atom stereocenters. The van der Waals surface area contributed by atoms with Crippen molar-refractivity contribution in [2.45, 2.75) is 20.0 Å². The van der Waals surface area contributed by atoms with Crippen LogP contribution >= 0.6 is 0 Å². The Kier molecular flexibility index (Phi) is 6.13. The standard InChI is InChI=1S/C18H19FN4/c1-2-21-18(23-13-16-7-9-17(19)10-8-16)22-12-15-5-3-14(11-20)4-6-15/h3-10H,2,12-13H2,1H3,(H2,21,22,23). The first-order chi connectivity index (χ1) is 11.2. The molecule has 0 radical (unpaired) electrons. The average Bonchev–Trinajstić information content (AvgIpc) is 2.59. The average molecular weight is 310 g/mol. The Hall–Kier alpha value is -2.87. The van der Waals surface area contributed by atoms with Crippen molar-refractivity contribution >= 4 is 5.96 Å². The number of aliphatic imine (C=N–C) groups is 1. The Labute approximate surface area is 135 Å². The van der Waals surface area contributed by atoms with E-state index in [9.17, 15) is 4.39 Å². The van der Waals surface area contributed by atoms with Crippen molar-refractivity contribution in [1.29, 1.82) is 5.26 Å². The summed E-state index contributed by atoms with van der Waals surface area (Å²) >= 11 is 0. The van der Waals surface area contributed by atoms with Crippen LogP contribution in [0.15, 0.2) is 53.5 Å². The molecule has 0 bridgehead atoms. The molecule has 4 nitrogen and oxygen atoms in total. The zero-order valence-corrected chi connectivity index (χ0v) is 13.0. The third-order valence-electron chi connectivity index (χ3n) is 3.22. The molecule has 118 valence electrons. The number of guanidine groups is 1. The molecular weight excluding hydrogens is 291 g/mol. The molecular formula is C18H19FN4. The van der Waals surface area contributed by atoms with Crippen molar-refractivity contribution in [3.63, 3.8) is 0 Å². The van der Waals surface area contributed by atoms with Gasteiger partial charge in [-0.2, -0.15) is 5.26 Å². The number of hydrogen-bond acceptors (Lipinski definition) is 2. The van der Waals surface area contributed by atoms with E-state index in [1.165, 1.54) is 12.1 Å². The molecule has 0 heterocycles. The van der Waals surface area contributed by atoms with Crippen LogP contribution in [0.4, 0.5) is 4.39 Å². The van der Waals surface area contributed by atoms with Gasteiger partial charge in [-0.3, -0.25) is 0 Å². The van der Waals surface area contributed by atoms with Crippen molar-refractivity contribution < 1.29 is 4.39 Å². The number of rotatable bonds is 5. The van der Waals surface area contributed by atoms with Crippen LogP contribution in [0.2, 0.25) is 0 Å². The summed E-state index contributed by atoms with van der Waals surface area (Å²) in [5, 5.41) is 15.2. The fraction of sp³-hybridized carbons (Fsp3) is 0.222. The first-order valence-corrected chi connectivity index (χ1v) is 7.47. The van der Waals surface area contributed by atoms with Crippen LogP contribution in [0.25, 0.3) is 0 Å². The minimum absolute atomic E-state index is 0.241. The first-order valence-electron chi connectivity index (χ1n) is 7.47. The van der Waals surface area contributed by atoms with Crippen LogP contribution in [0.1, 0.15) is 23.6 Å². The molecule has 2 rings (SSSR count). The van der Waals surface area contributed by atoms with Gasteiger partial charge in [0.15, 0.2) is 5.96 Å². The van der Waals surface area contributed by atoms with Crippen LogP contribution in [0, 0.1) is 17.1 Å². The summed E-state index contributed by atoms with van der Waals surface area (Å²) in [5.74, 6) is 0.455. The highest BCUT2D eigenvalue weighted by Crippen LogP contribution is 2.05. The number of nitriles is 1. The number of nitrogens with zero attached hydrogens (tertiary/aromatic N) is 2. The van der Waals surface area contributed by atoms with Gasteiger partial charge in [-0.25, -0.2) is 9.38 Å². The number of benzene rings is 2. The molecule has 0 aliphatic rings. The Balaban J connectivity index is 1.96. The van der Waals surface area contributed by atoms with Crippen molar-refractivity contribution in [3.05, 3.63) is 71.0 Å². The fourth-order valence-corrected chi connectivity index (χ4v) is 1.98. The maximum absolute atomic E-state index is 12.9. The van der Waals surface area contributed by atoms with Gasteiger partial charge in [-0.1, -0.05) is 24.3 Å². The number of nitrogens with one attached hydrogen (secondary N) is 2. The molecule has 0 atom stereocenters. The summed E-state index contributed by atoms with van der Waals surface area (Å²) in [7, 11) is 0. The highest BCUT2D eigenvalue weighted by molar-refractivity contribution is 5.79. The molecule has 0 saturated carbocycles.